The number of ether oxygens (including phenoxy) is 1. The van der Waals surface area contributed by atoms with Crippen molar-refractivity contribution >= 4 is 22.8 Å². The predicted octanol–water partition coefficient (Wildman–Crippen LogP) is 5.56. The topological polar surface area (TPSA) is 95.2 Å². The number of halogens is 1. The van der Waals surface area contributed by atoms with Crippen LogP contribution in [0.1, 0.15) is 44.9 Å². The number of H-pyrrole nitrogens is 1. The number of benzene rings is 2. The summed E-state index contributed by atoms with van der Waals surface area (Å²) in [5.74, 6) is 1.10. The van der Waals surface area contributed by atoms with Gasteiger partial charge in [0.05, 0.1) is 18.1 Å². The lowest BCUT2D eigenvalue weighted by atomic mass is 10.1. The lowest BCUT2D eigenvalue weighted by Gasteiger charge is -2.31. The highest BCUT2D eigenvalue weighted by atomic mass is 19.1. The lowest BCUT2D eigenvalue weighted by Crippen LogP contribution is -2.38. The van der Waals surface area contributed by atoms with Gasteiger partial charge in [0, 0.05) is 50.9 Å². The zero-order valence-corrected chi connectivity index (χ0v) is 24.3. The highest BCUT2D eigenvalue weighted by Crippen LogP contribution is 2.26. The summed E-state index contributed by atoms with van der Waals surface area (Å²) in [5.41, 5.74) is 3.80. The maximum absolute atomic E-state index is 13.1. The molecule has 1 amide bonds. The summed E-state index contributed by atoms with van der Waals surface area (Å²) in [6.45, 7) is 10.00. The van der Waals surface area contributed by atoms with Crippen molar-refractivity contribution in [3.8, 4) is 11.4 Å². The van der Waals surface area contributed by atoms with Gasteiger partial charge in [-0.05, 0) is 43.0 Å². The summed E-state index contributed by atoms with van der Waals surface area (Å²) in [5, 5.41) is 7.05. The van der Waals surface area contributed by atoms with Crippen molar-refractivity contribution in [1.82, 2.24) is 25.2 Å². The van der Waals surface area contributed by atoms with E-state index in [1.54, 1.807) is 0 Å². The first-order valence-electron chi connectivity index (χ1n) is 14.6. The molecule has 1 saturated heterocycles. The number of anilines is 1. The number of amides is 1. The van der Waals surface area contributed by atoms with Crippen LogP contribution < -0.4 is 10.6 Å². The zero-order chi connectivity index (χ0) is 29.0. The molecule has 0 atom stereocenters. The Hall–Kier alpha value is -3.82. The van der Waals surface area contributed by atoms with E-state index in [4.69, 9.17) is 14.7 Å². The Morgan fingerprint density at radius 3 is 2.49 bits per heavy atom. The average molecular weight is 561 g/mol. The third kappa shape index (κ3) is 8.83. The molecule has 0 radical (unpaired) electrons. The first kappa shape index (κ1) is 30.1. The Bertz CT molecular complexity index is 1370. The van der Waals surface area contributed by atoms with Crippen LogP contribution in [0.3, 0.4) is 0 Å². The summed E-state index contributed by atoms with van der Waals surface area (Å²) in [7, 11) is 0. The normalized spacial score (nSPS) is 14.0. The van der Waals surface area contributed by atoms with Gasteiger partial charge in [0.2, 0.25) is 5.91 Å². The molecule has 0 unspecified atom stereocenters. The first-order valence-corrected chi connectivity index (χ1v) is 14.6. The van der Waals surface area contributed by atoms with E-state index in [0.717, 1.165) is 72.6 Å². The molecule has 0 saturated carbocycles. The summed E-state index contributed by atoms with van der Waals surface area (Å²) in [6, 6.07) is 18.7. The van der Waals surface area contributed by atoms with Crippen LogP contribution in [0.15, 0.2) is 60.7 Å². The number of carbonyl (C=O) groups excluding carboxylic acids is 1. The molecule has 8 nitrogen and oxygen atoms in total. The zero-order valence-electron chi connectivity index (χ0n) is 24.3. The molecule has 218 valence electrons. The minimum Gasteiger partial charge on any atom is -0.372 e. The molecule has 3 heterocycles. The van der Waals surface area contributed by atoms with Crippen LogP contribution in [0, 0.1) is 5.82 Å². The number of aromatic nitrogens is 3. The molecule has 1 aliphatic heterocycles. The minimum absolute atomic E-state index is 0.0607. The second-order valence-electron chi connectivity index (χ2n) is 9.96. The number of nitrogens with one attached hydrogen (secondary N) is 3. The van der Waals surface area contributed by atoms with E-state index >= 15 is 0 Å². The standard InChI is InChI=1S/C30H35FN6O2.C2H6/c1-21(38)32-14-15-33-29-27-19-25(34-30(27)36-28(35-29)23-5-3-2-4-6-23)20-39-26-12-17-37(18-13-26)16-11-22-7-9-24(31)10-8-22;1-2/h2-10,19,26H,11-18,20H2,1H3,(H,32,38)(H2,33,34,35,36);1-2H3. The second-order valence-corrected chi connectivity index (χ2v) is 9.96. The van der Waals surface area contributed by atoms with Gasteiger partial charge in [-0.25, -0.2) is 14.4 Å². The van der Waals surface area contributed by atoms with Gasteiger partial charge < -0.3 is 25.3 Å². The number of likely N-dealkylation sites (tertiary alicyclic amines) is 1. The van der Waals surface area contributed by atoms with Crippen LogP contribution in [-0.4, -0.2) is 64.6 Å². The number of aromatic amines is 1. The molecule has 4 aromatic rings. The van der Waals surface area contributed by atoms with E-state index in [-0.39, 0.29) is 17.8 Å². The Morgan fingerprint density at radius 2 is 1.78 bits per heavy atom. The minimum atomic E-state index is -0.190. The van der Waals surface area contributed by atoms with Crippen molar-refractivity contribution in [1.29, 1.82) is 0 Å². The molecule has 1 aliphatic rings. The molecule has 3 N–H and O–H groups in total. The first-order chi connectivity index (χ1) is 20.0. The summed E-state index contributed by atoms with van der Waals surface area (Å²) >= 11 is 0. The molecule has 2 aromatic carbocycles. The van der Waals surface area contributed by atoms with Gasteiger partial charge in [-0.2, -0.15) is 0 Å². The maximum Gasteiger partial charge on any atom is 0.216 e. The van der Waals surface area contributed by atoms with E-state index in [2.05, 4.69) is 20.5 Å². The molecule has 1 fully saturated rings. The van der Waals surface area contributed by atoms with Crippen LogP contribution >= 0.6 is 0 Å². The van der Waals surface area contributed by atoms with Crippen LogP contribution in [0.4, 0.5) is 10.2 Å². The van der Waals surface area contributed by atoms with Gasteiger partial charge in [0.25, 0.3) is 0 Å². The number of hydrogen-bond acceptors (Lipinski definition) is 6. The number of fused-ring (bicyclic) bond motifs is 1. The summed E-state index contributed by atoms with van der Waals surface area (Å²) < 4.78 is 19.4. The quantitative estimate of drug-likeness (QED) is 0.208. The molecule has 0 spiro atoms. The van der Waals surface area contributed by atoms with Crippen molar-refractivity contribution in [3.05, 3.63) is 77.7 Å². The largest absolute Gasteiger partial charge is 0.372 e. The van der Waals surface area contributed by atoms with Gasteiger partial charge in [-0.15, -0.1) is 0 Å². The van der Waals surface area contributed by atoms with E-state index in [9.17, 15) is 9.18 Å². The van der Waals surface area contributed by atoms with Gasteiger partial charge in [-0.3, -0.25) is 4.79 Å². The van der Waals surface area contributed by atoms with E-state index in [1.165, 1.54) is 19.1 Å². The van der Waals surface area contributed by atoms with Crippen LogP contribution in [0.2, 0.25) is 0 Å². The fourth-order valence-electron chi connectivity index (χ4n) is 4.86. The number of hydrogen-bond donors (Lipinski definition) is 3. The molecular formula is C32H41FN6O2. The van der Waals surface area contributed by atoms with Crippen LogP contribution in [0.5, 0.6) is 0 Å². The fraction of sp³-hybridized carbons (Fsp3) is 0.406. The second kappa shape index (κ2) is 15.3. The Kier molecular flexibility index (Phi) is 11.2. The Balaban J connectivity index is 0.00000189. The maximum atomic E-state index is 13.1. The molecule has 2 aromatic heterocycles. The average Bonchev–Trinajstić information content (AvgIpc) is 3.43. The molecule has 5 rings (SSSR count). The van der Waals surface area contributed by atoms with Crippen molar-refractivity contribution < 1.29 is 13.9 Å². The molecule has 0 bridgehead atoms. The van der Waals surface area contributed by atoms with E-state index < -0.39 is 0 Å². The number of rotatable bonds is 11. The Labute approximate surface area is 241 Å². The van der Waals surface area contributed by atoms with Crippen molar-refractivity contribution in [2.24, 2.45) is 0 Å². The number of piperidine rings is 1. The molecular weight excluding hydrogens is 519 g/mol. The van der Waals surface area contributed by atoms with Crippen molar-refractivity contribution in [3.63, 3.8) is 0 Å². The van der Waals surface area contributed by atoms with E-state index in [0.29, 0.717) is 25.5 Å². The van der Waals surface area contributed by atoms with Crippen LogP contribution in [-0.2, 0) is 22.6 Å². The fourth-order valence-corrected chi connectivity index (χ4v) is 4.86. The number of carbonyl (C=O) groups is 1. The third-order valence-corrected chi connectivity index (χ3v) is 7.01. The lowest BCUT2D eigenvalue weighted by molar-refractivity contribution is -0.118. The monoisotopic (exact) mass is 560 g/mol. The van der Waals surface area contributed by atoms with Gasteiger partial charge in [0.1, 0.15) is 17.3 Å². The van der Waals surface area contributed by atoms with Gasteiger partial charge in [0.15, 0.2) is 5.82 Å². The summed E-state index contributed by atoms with van der Waals surface area (Å²) in [4.78, 5) is 26.7. The number of nitrogens with zero attached hydrogens (tertiary/aromatic N) is 3. The predicted molar refractivity (Wildman–Crippen MR) is 162 cm³/mol. The van der Waals surface area contributed by atoms with Gasteiger partial charge in [-0.1, -0.05) is 56.3 Å². The molecule has 9 heteroatoms. The highest BCUT2D eigenvalue weighted by Gasteiger charge is 2.20. The van der Waals surface area contributed by atoms with E-state index in [1.807, 2.05) is 62.4 Å². The molecule has 41 heavy (non-hydrogen) atoms. The molecule has 0 aliphatic carbocycles. The summed E-state index contributed by atoms with van der Waals surface area (Å²) in [6.07, 6.45) is 3.10. The Morgan fingerprint density at radius 1 is 1.05 bits per heavy atom. The highest BCUT2D eigenvalue weighted by molar-refractivity contribution is 5.89. The van der Waals surface area contributed by atoms with Crippen LogP contribution in [0.25, 0.3) is 22.4 Å². The SMILES string of the molecule is CC.CC(=O)NCCNc1nc(-c2ccccc2)nc2[nH]c(COC3CCN(CCc4ccc(F)cc4)CC3)cc12. The van der Waals surface area contributed by atoms with Crippen molar-refractivity contribution in [2.45, 2.75) is 52.7 Å². The van der Waals surface area contributed by atoms with Gasteiger partial charge >= 0.3 is 0 Å². The third-order valence-electron chi connectivity index (χ3n) is 7.01. The smallest absolute Gasteiger partial charge is 0.216 e. The van der Waals surface area contributed by atoms with Crippen molar-refractivity contribution in [2.75, 3.05) is 38.0 Å².